The summed E-state index contributed by atoms with van der Waals surface area (Å²) in [7, 11) is 0. The summed E-state index contributed by atoms with van der Waals surface area (Å²) in [5, 5.41) is 3.09. The van der Waals surface area contributed by atoms with E-state index in [4.69, 9.17) is 5.73 Å². The number of nitrogens with zero attached hydrogens (tertiary/aromatic N) is 1. The first kappa shape index (κ1) is 18.1. The van der Waals surface area contributed by atoms with Crippen molar-refractivity contribution in [1.82, 2.24) is 10.3 Å². The first-order valence-corrected chi connectivity index (χ1v) is 7.12. The van der Waals surface area contributed by atoms with Gasteiger partial charge in [-0.1, -0.05) is 44.2 Å². The maximum atomic E-state index is 12.4. The van der Waals surface area contributed by atoms with Crippen molar-refractivity contribution in [2.24, 2.45) is 11.7 Å². The Morgan fingerprint density at radius 1 is 1.23 bits per heavy atom. The summed E-state index contributed by atoms with van der Waals surface area (Å²) in [5.74, 6) is 0.196. The second kappa shape index (κ2) is 8.51. The number of halogens is 1. The number of amides is 1. The van der Waals surface area contributed by atoms with Gasteiger partial charge in [0.15, 0.2) is 0 Å². The van der Waals surface area contributed by atoms with Gasteiger partial charge in [0.2, 0.25) is 0 Å². The van der Waals surface area contributed by atoms with Gasteiger partial charge >= 0.3 is 0 Å². The number of benzene rings is 1. The zero-order valence-electron chi connectivity index (χ0n) is 12.8. The Morgan fingerprint density at radius 3 is 2.50 bits per heavy atom. The SMILES string of the molecule is CC(C)C(NC(=O)c1ccnc(CN)c1)c1ccccc1.Cl. The minimum Gasteiger partial charge on any atom is -0.345 e. The van der Waals surface area contributed by atoms with Crippen LogP contribution < -0.4 is 11.1 Å². The number of hydrogen-bond donors (Lipinski definition) is 2. The van der Waals surface area contributed by atoms with E-state index in [0.29, 0.717) is 23.7 Å². The van der Waals surface area contributed by atoms with Crippen molar-refractivity contribution in [3.63, 3.8) is 0 Å². The number of carbonyl (C=O) groups is 1. The van der Waals surface area contributed by atoms with E-state index in [0.717, 1.165) is 5.56 Å². The van der Waals surface area contributed by atoms with Crippen molar-refractivity contribution in [2.45, 2.75) is 26.4 Å². The minimum atomic E-state index is -0.102. The van der Waals surface area contributed by atoms with Crippen molar-refractivity contribution >= 4 is 18.3 Å². The topological polar surface area (TPSA) is 68.0 Å². The van der Waals surface area contributed by atoms with Gasteiger partial charge in [0.05, 0.1) is 11.7 Å². The van der Waals surface area contributed by atoms with Gasteiger partial charge in [-0.3, -0.25) is 9.78 Å². The Morgan fingerprint density at radius 2 is 1.91 bits per heavy atom. The van der Waals surface area contributed by atoms with Gasteiger partial charge in [0.25, 0.3) is 5.91 Å². The average molecular weight is 320 g/mol. The summed E-state index contributed by atoms with van der Waals surface area (Å²) in [6.45, 7) is 4.51. The number of rotatable bonds is 5. The molecule has 2 rings (SSSR count). The monoisotopic (exact) mass is 319 g/mol. The second-order valence-corrected chi connectivity index (χ2v) is 5.35. The van der Waals surface area contributed by atoms with Crippen LogP contribution in [0.15, 0.2) is 48.7 Å². The van der Waals surface area contributed by atoms with Crippen LogP contribution in [0.1, 0.15) is 41.5 Å². The molecule has 0 aliphatic heterocycles. The quantitative estimate of drug-likeness (QED) is 0.890. The summed E-state index contributed by atoms with van der Waals surface area (Å²) in [5.41, 5.74) is 7.97. The molecule has 0 saturated carbocycles. The number of pyridine rings is 1. The minimum absolute atomic E-state index is 0. The van der Waals surface area contributed by atoms with Crippen LogP contribution in [0.5, 0.6) is 0 Å². The second-order valence-electron chi connectivity index (χ2n) is 5.35. The van der Waals surface area contributed by atoms with Crippen LogP contribution in [0.3, 0.4) is 0 Å². The molecule has 0 aliphatic rings. The van der Waals surface area contributed by atoms with Crippen LogP contribution in [0.25, 0.3) is 0 Å². The highest BCUT2D eigenvalue weighted by Crippen LogP contribution is 2.21. The molecule has 22 heavy (non-hydrogen) atoms. The largest absolute Gasteiger partial charge is 0.345 e. The molecule has 0 bridgehead atoms. The number of nitrogens with one attached hydrogen (secondary N) is 1. The van der Waals surface area contributed by atoms with Gasteiger partial charge in [-0.25, -0.2) is 0 Å². The predicted octanol–water partition coefficient (Wildman–Crippen LogP) is 3.09. The molecule has 1 aromatic heterocycles. The van der Waals surface area contributed by atoms with Crippen LogP contribution >= 0.6 is 12.4 Å². The summed E-state index contributed by atoms with van der Waals surface area (Å²) < 4.78 is 0. The molecule has 5 heteroatoms. The third-order valence-electron chi connectivity index (χ3n) is 3.40. The van der Waals surface area contributed by atoms with Gasteiger partial charge in [-0.05, 0) is 23.6 Å². The van der Waals surface area contributed by atoms with Crippen LogP contribution in [0, 0.1) is 5.92 Å². The zero-order valence-corrected chi connectivity index (χ0v) is 13.6. The van der Waals surface area contributed by atoms with Crippen molar-refractivity contribution in [1.29, 1.82) is 0 Å². The number of carbonyl (C=O) groups excluding carboxylic acids is 1. The first-order chi connectivity index (χ1) is 10.1. The third-order valence-corrected chi connectivity index (χ3v) is 3.40. The molecular weight excluding hydrogens is 298 g/mol. The highest BCUT2D eigenvalue weighted by Gasteiger charge is 2.19. The predicted molar refractivity (Wildman–Crippen MR) is 90.9 cm³/mol. The van der Waals surface area contributed by atoms with Crippen LogP contribution in [-0.2, 0) is 6.54 Å². The van der Waals surface area contributed by atoms with Crippen molar-refractivity contribution in [3.05, 3.63) is 65.5 Å². The molecule has 0 fully saturated rings. The standard InChI is InChI=1S/C17H21N3O.ClH/c1-12(2)16(13-6-4-3-5-7-13)20-17(21)14-8-9-19-15(10-14)11-18;/h3-10,12,16H,11,18H2,1-2H3,(H,20,21);1H. The van der Waals surface area contributed by atoms with Gasteiger partial charge in [0.1, 0.15) is 0 Å². The molecule has 1 heterocycles. The molecule has 4 nitrogen and oxygen atoms in total. The van der Waals surface area contributed by atoms with E-state index in [-0.39, 0.29) is 24.4 Å². The van der Waals surface area contributed by atoms with E-state index < -0.39 is 0 Å². The van der Waals surface area contributed by atoms with E-state index in [1.54, 1.807) is 18.3 Å². The smallest absolute Gasteiger partial charge is 0.251 e. The Balaban J connectivity index is 0.00000242. The summed E-state index contributed by atoms with van der Waals surface area (Å²) >= 11 is 0. The molecule has 1 aromatic carbocycles. The Bertz CT molecular complexity index is 602. The number of hydrogen-bond acceptors (Lipinski definition) is 3. The lowest BCUT2D eigenvalue weighted by molar-refractivity contribution is 0.0925. The van der Waals surface area contributed by atoms with E-state index >= 15 is 0 Å². The first-order valence-electron chi connectivity index (χ1n) is 7.12. The van der Waals surface area contributed by atoms with Crippen molar-refractivity contribution < 1.29 is 4.79 Å². The lowest BCUT2D eigenvalue weighted by Gasteiger charge is -2.23. The lowest BCUT2D eigenvalue weighted by atomic mass is 9.95. The van der Waals surface area contributed by atoms with Crippen LogP contribution in [-0.4, -0.2) is 10.9 Å². The normalized spacial score (nSPS) is 11.6. The molecule has 118 valence electrons. The highest BCUT2D eigenvalue weighted by atomic mass is 35.5. The Labute approximate surface area is 137 Å². The van der Waals surface area contributed by atoms with E-state index in [1.807, 2.05) is 30.3 Å². The van der Waals surface area contributed by atoms with E-state index in [1.165, 1.54) is 0 Å². The summed E-state index contributed by atoms with van der Waals surface area (Å²) in [4.78, 5) is 16.5. The highest BCUT2D eigenvalue weighted by molar-refractivity contribution is 5.94. The summed E-state index contributed by atoms with van der Waals surface area (Å²) in [6, 6.07) is 13.4. The molecule has 0 aliphatic carbocycles. The van der Waals surface area contributed by atoms with Gasteiger partial charge < -0.3 is 11.1 Å². The molecule has 0 radical (unpaired) electrons. The molecule has 0 saturated heterocycles. The van der Waals surface area contributed by atoms with E-state index in [2.05, 4.69) is 24.1 Å². The number of nitrogens with two attached hydrogens (primary N) is 1. The van der Waals surface area contributed by atoms with Gasteiger partial charge in [-0.15, -0.1) is 12.4 Å². The third kappa shape index (κ3) is 4.55. The Hall–Kier alpha value is -1.91. The molecule has 3 N–H and O–H groups in total. The van der Waals surface area contributed by atoms with Crippen molar-refractivity contribution in [2.75, 3.05) is 0 Å². The zero-order chi connectivity index (χ0) is 15.2. The van der Waals surface area contributed by atoms with E-state index in [9.17, 15) is 4.79 Å². The van der Waals surface area contributed by atoms with Gasteiger partial charge in [0, 0.05) is 18.3 Å². The summed E-state index contributed by atoms with van der Waals surface area (Å²) in [6.07, 6.45) is 1.62. The molecule has 1 unspecified atom stereocenters. The number of aromatic nitrogens is 1. The van der Waals surface area contributed by atoms with Crippen molar-refractivity contribution in [3.8, 4) is 0 Å². The van der Waals surface area contributed by atoms with Gasteiger partial charge in [-0.2, -0.15) is 0 Å². The molecule has 2 aromatic rings. The maximum absolute atomic E-state index is 12.4. The lowest BCUT2D eigenvalue weighted by Crippen LogP contribution is -2.31. The average Bonchev–Trinajstić information content (AvgIpc) is 2.53. The fourth-order valence-electron chi connectivity index (χ4n) is 2.25. The molecule has 1 atom stereocenters. The molecule has 1 amide bonds. The molecular formula is C17H22ClN3O. The Kier molecular flexibility index (Phi) is 7.02. The van der Waals surface area contributed by atoms with Crippen LogP contribution in [0.4, 0.5) is 0 Å². The fourth-order valence-corrected chi connectivity index (χ4v) is 2.25. The molecule has 0 spiro atoms. The fraction of sp³-hybridized carbons (Fsp3) is 0.294. The van der Waals surface area contributed by atoms with Crippen LogP contribution in [0.2, 0.25) is 0 Å². The maximum Gasteiger partial charge on any atom is 0.251 e.